The van der Waals surface area contributed by atoms with Crippen LogP contribution in [0.2, 0.25) is 0 Å². The fraction of sp³-hybridized carbons (Fsp3) is 0.459. The molecule has 6 rings (SSSR count). The first-order valence-corrected chi connectivity index (χ1v) is 41.9. The molecule has 4 aromatic carbocycles. The van der Waals surface area contributed by atoms with Crippen LogP contribution in [0.3, 0.4) is 0 Å². The van der Waals surface area contributed by atoms with Crippen molar-refractivity contribution in [2.24, 2.45) is 0 Å². The summed E-state index contributed by atoms with van der Waals surface area (Å²) >= 11 is 0. The highest BCUT2D eigenvalue weighted by Gasteiger charge is 2.36. The van der Waals surface area contributed by atoms with E-state index in [0.29, 0.717) is 27.6 Å². The second-order valence-corrected chi connectivity index (χ2v) is 31.2. The number of halogens is 1. The van der Waals surface area contributed by atoms with Crippen LogP contribution in [0.1, 0.15) is 104 Å². The number of carbonyl (C=O) groups is 20. The Labute approximate surface area is 753 Å². The van der Waals surface area contributed by atoms with Gasteiger partial charge in [-0.1, -0.05) is 72.8 Å². The number of aromatic amines is 1. The second kappa shape index (κ2) is 54.0. The number of carboxylic acids is 9. The first kappa shape index (κ1) is 106. The minimum Gasteiger partial charge on any atom is -0.481 e. The number of benzene rings is 4. The van der Waals surface area contributed by atoms with Gasteiger partial charge in [0.1, 0.15) is 66.2 Å². The van der Waals surface area contributed by atoms with Crippen LogP contribution in [0, 0.1) is 5.82 Å². The molecule has 46 nitrogen and oxygen atoms in total. The van der Waals surface area contributed by atoms with Gasteiger partial charge in [0.15, 0.2) is 0 Å². The summed E-state index contributed by atoms with van der Waals surface area (Å²) in [5, 5.41) is 116. The lowest BCUT2D eigenvalue weighted by Gasteiger charge is -2.33. The number of rotatable bonds is 53. The molecule has 1 aliphatic rings. The number of aromatic nitrogens is 1. The standard InChI is InChI=1S/C85H110FN17O29/c1-48(91-80(124)64(38-51-14-7-4-8-15-51)97-81(125)63(37-50-12-5-3-6-13-50)93-67(105)44-100-28-30-101(45-71(112)113)32-34-103(47-73(116)117)35-33-102(31-29-100)46-72(114)115)74(118)90-49(2)75(119)94-58(21-24-68(106)107)78(122)95-59(22-25-69(108)109)79(123)96-62(39-52-16-11-17-53(36-52)82(126)127)77(121)89-43-66(104)92-65(40-54-42-88-57-20-19-55(86)41-56(54)57)76(120)87-27-10-9-18-60(83(128)129)98-85(132)99-61(84(130)131)23-26-70(110)111/h3-8,11-17,19-20,36,41-42,48-49,58-65,88H,9-10,18,21-35,37-40,43-47H2,1-2H3,(H,87,120)(H,89,121)(H,90,118)(H,91,124)(H,92,104)(H,93,105)(H,94,119)(H,95,122)(H,96,123)(H,97,125)(H,106,107)(H,108,109)(H,110,111)(H,112,113)(H,114,115)(H,116,117)(H,126,127)(H,128,129)(H,130,131)(H2,98,99,132)/t48-,49-,58-,59-,60-,61-,62-,63-,64-,65-/m0/s1. The van der Waals surface area contributed by atoms with E-state index in [4.69, 9.17) is 5.11 Å². The van der Waals surface area contributed by atoms with Gasteiger partial charge >= 0.3 is 59.8 Å². The average Bonchev–Trinajstić information content (AvgIpc) is 1.82. The molecule has 47 heteroatoms. The van der Waals surface area contributed by atoms with Gasteiger partial charge in [-0.2, -0.15) is 0 Å². The summed E-state index contributed by atoms with van der Waals surface area (Å²) in [5.41, 5.74) is 1.55. The van der Waals surface area contributed by atoms with E-state index in [2.05, 4.69) is 63.5 Å². The highest BCUT2D eigenvalue weighted by Crippen LogP contribution is 2.22. The number of carbonyl (C=O) groups excluding carboxylic acids is 11. The molecule has 1 aliphatic heterocycles. The Morgan fingerprint density at radius 3 is 1.22 bits per heavy atom. The quantitative estimate of drug-likeness (QED) is 0.0171. The molecule has 132 heavy (non-hydrogen) atoms. The highest BCUT2D eigenvalue weighted by atomic mass is 19.1. The van der Waals surface area contributed by atoms with E-state index in [0.717, 1.165) is 25.1 Å². The SMILES string of the molecule is C[C@H](NC(=O)[C@H](C)NC(=O)[C@H](Cc1ccccc1)NC(=O)[C@H](Cc1ccccc1)NC(=O)CN1CCN(CC(=O)O)CCN(CC(=O)O)CCN(CC(=O)O)CC1)C(=O)N[C@@H](CCC(=O)O)C(=O)N[C@@H](CCC(=O)O)C(=O)N[C@@H](Cc1cccc(C(=O)O)c1)C(=O)NCC(=O)N[C@@H](Cc1c[nH]c2ccc(F)cc12)C(=O)NCCCC[C@H](NC(=O)N[C@@H](CCC(=O)O)C(=O)O)C(=O)O. The molecule has 10 atom stereocenters. The van der Waals surface area contributed by atoms with Crippen LogP contribution in [-0.2, 0) is 112 Å². The molecule has 1 saturated heterocycles. The van der Waals surface area contributed by atoms with E-state index in [1.54, 1.807) is 80.3 Å². The van der Waals surface area contributed by atoms with Gasteiger partial charge in [0.2, 0.25) is 59.1 Å². The number of H-pyrrole nitrogens is 1. The number of fused-ring (bicyclic) bond motifs is 1. The number of urea groups is 1. The molecule has 0 saturated carbocycles. The normalized spacial score (nSPS) is 15.1. The minimum absolute atomic E-state index is 0.00506. The monoisotopic (exact) mass is 1850 g/mol. The number of hydrogen-bond acceptors (Lipinski definition) is 24. The Morgan fingerprint density at radius 2 is 0.742 bits per heavy atom. The first-order chi connectivity index (χ1) is 62.6. The zero-order valence-electron chi connectivity index (χ0n) is 72.1. The van der Waals surface area contributed by atoms with Crippen LogP contribution in [0.25, 0.3) is 10.9 Å². The summed E-state index contributed by atoms with van der Waals surface area (Å²) < 4.78 is 14.6. The van der Waals surface area contributed by atoms with Crippen molar-refractivity contribution in [3.63, 3.8) is 0 Å². The molecule has 716 valence electrons. The number of aromatic carboxylic acids is 1. The lowest BCUT2D eigenvalue weighted by atomic mass is 10.0. The summed E-state index contributed by atoms with van der Waals surface area (Å²) in [4.78, 5) is 272. The van der Waals surface area contributed by atoms with Crippen molar-refractivity contribution >= 4 is 130 Å². The molecule has 0 spiro atoms. The van der Waals surface area contributed by atoms with Crippen LogP contribution < -0.4 is 63.8 Å². The zero-order chi connectivity index (χ0) is 97.3. The van der Waals surface area contributed by atoms with Crippen LogP contribution >= 0.6 is 0 Å². The number of hydrogen-bond donors (Lipinski definition) is 22. The van der Waals surface area contributed by atoms with Crippen LogP contribution in [0.5, 0.6) is 0 Å². The average molecular weight is 1850 g/mol. The predicted molar refractivity (Wildman–Crippen MR) is 460 cm³/mol. The Balaban J connectivity index is 1.15. The van der Waals surface area contributed by atoms with Gasteiger partial charge in [0, 0.05) is 121 Å². The summed E-state index contributed by atoms with van der Waals surface area (Å²) in [6.45, 7) is 0.113. The fourth-order valence-corrected chi connectivity index (χ4v) is 13.8. The zero-order valence-corrected chi connectivity index (χ0v) is 72.1. The van der Waals surface area contributed by atoms with E-state index >= 15 is 0 Å². The topological polar surface area (TPSA) is 697 Å². The maximum Gasteiger partial charge on any atom is 0.335 e. The van der Waals surface area contributed by atoms with Crippen molar-refractivity contribution in [2.45, 2.75) is 158 Å². The second-order valence-electron chi connectivity index (χ2n) is 31.2. The van der Waals surface area contributed by atoms with E-state index < -0.39 is 263 Å². The molecule has 0 bridgehead atoms. The van der Waals surface area contributed by atoms with E-state index in [1.165, 1.54) is 37.4 Å². The number of nitrogens with one attached hydrogen (secondary N) is 13. The maximum absolute atomic E-state index is 14.7. The third-order valence-electron chi connectivity index (χ3n) is 20.8. The van der Waals surface area contributed by atoms with Gasteiger partial charge in [-0.05, 0) is 105 Å². The largest absolute Gasteiger partial charge is 0.481 e. The number of carboxylic acid groups (broad SMARTS) is 9. The Hall–Kier alpha value is -14.6. The van der Waals surface area contributed by atoms with E-state index in [-0.39, 0.29) is 109 Å². The number of unbranched alkanes of at least 4 members (excludes halogenated alkanes) is 1. The molecule has 0 radical (unpaired) electrons. The predicted octanol–water partition coefficient (Wildman–Crippen LogP) is -3.13. The van der Waals surface area contributed by atoms with Crippen molar-refractivity contribution in [3.05, 3.63) is 143 Å². The van der Waals surface area contributed by atoms with E-state index in [9.17, 15) is 141 Å². The van der Waals surface area contributed by atoms with Gasteiger partial charge in [-0.15, -0.1) is 0 Å². The molecular weight excluding hydrogens is 1740 g/mol. The van der Waals surface area contributed by atoms with Crippen molar-refractivity contribution < 1.29 is 146 Å². The summed E-state index contributed by atoms with van der Waals surface area (Å²) in [6.07, 6.45) is -4.49. The van der Waals surface area contributed by atoms with Gasteiger partial charge in [0.25, 0.3) is 0 Å². The third-order valence-corrected chi connectivity index (χ3v) is 20.8. The van der Waals surface area contributed by atoms with Crippen LogP contribution in [-0.4, -0.2) is 341 Å². The van der Waals surface area contributed by atoms with Crippen molar-refractivity contribution in [3.8, 4) is 0 Å². The summed E-state index contributed by atoms with van der Waals surface area (Å²) in [5.74, 6) is -23.6. The lowest BCUT2D eigenvalue weighted by molar-refractivity contribution is -0.141. The number of amides is 12. The maximum atomic E-state index is 14.7. The van der Waals surface area contributed by atoms with Gasteiger partial charge in [-0.3, -0.25) is 96.3 Å². The molecule has 2 heterocycles. The first-order valence-electron chi connectivity index (χ1n) is 41.9. The molecule has 1 aromatic heterocycles. The molecule has 1 fully saturated rings. The molecule has 0 aliphatic carbocycles. The van der Waals surface area contributed by atoms with Gasteiger partial charge < -0.3 is 115 Å². The molecule has 22 N–H and O–H groups in total. The number of nitrogens with zero attached hydrogens (tertiary/aromatic N) is 4. The lowest BCUT2D eigenvalue weighted by Crippen LogP contribution is -2.60. The van der Waals surface area contributed by atoms with E-state index in [1.807, 2.05) is 5.32 Å². The van der Waals surface area contributed by atoms with Gasteiger partial charge in [-0.25, -0.2) is 23.6 Å². The molecule has 12 amide bonds. The van der Waals surface area contributed by atoms with Crippen molar-refractivity contribution in [1.82, 2.24) is 88.4 Å². The third kappa shape index (κ3) is 38.8. The molecule has 0 unspecified atom stereocenters. The highest BCUT2D eigenvalue weighted by molar-refractivity contribution is 5.99. The van der Waals surface area contributed by atoms with Crippen molar-refractivity contribution in [2.75, 3.05) is 91.6 Å². The van der Waals surface area contributed by atoms with Crippen LogP contribution in [0.15, 0.2) is 109 Å². The Bertz CT molecular complexity index is 4880. The van der Waals surface area contributed by atoms with Gasteiger partial charge in [0.05, 0.1) is 38.3 Å². The summed E-state index contributed by atoms with van der Waals surface area (Å²) in [7, 11) is 0. The Kier molecular flexibility index (Phi) is 43.4. The molecule has 5 aromatic rings. The van der Waals surface area contributed by atoms with Crippen molar-refractivity contribution in [1.29, 1.82) is 0 Å². The fourth-order valence-electron chi connectivity index (χ4n) is 13.8. The summed E-state index contributed by atoms with van der Waals surface area (Å²) in [6, 6.07) is 7.46. The van der Waals surface area contributed by atoms with Crippen LogP contribution in [0.4, 0.5) is 9.18 Å². The number of aliphatic carboxylic acids is 8. The minimum atomic E-state index is -1.97. The molecular formula is C85H110FN17O29. The smallest absolute Gasteiger partial charge is 0.335 e. The Morgan fingerprint density at radius 1 is 0.356 bits per heavy atom.